The van der Waals surface area contributed by atoms with Gasteiger partial charge in [-0.15, -0.1) is 6.58 Å². The van der Waals surface area contributed by atoms with Crippen molar-refractivity contribution in [3.05, 3.63) is 65.2 Å². The molecule has 8 heteroatoms. The highest BCUT2D eigenvalue weighted by Crippen LogP contribution is 2.53. The predicted molar refractivity (Wildman–Crippen MR) is 103 cm³/mol. The summed E-state index contributed by atoms with van der Waals surface area (Å²) in [5.41, 5.74) is 4.90. The second kappa shape index (κ2) is 7.81. The summed E-state index contributed by atoms with van der Waals surface area (Å²) >= 11 is 0. The lowest BCUT2D eigenvalue weighted by Crippen LogP contribution is -2.47. The summed E-state index contributed by atoms with van der Waals surface area (Å²) in [6, 6.07) is 8.67. The van der Waals surface area contributed by atoms with E-state index in [-0.39, 0.29) is 36.8 Å². The second-order valence-electron chi connectivity index (χ2n) is 6.49. The Morgan fingerprint density at radius 2 is 2.14 bits per heavy atom. The molecule has 8 nitrogen and oxygen atoms in total. The molecule has 29 heavy (non-hydrogen) atoms. The molecular weight excluding hydrogens is 374 g/mol. The van der Waals surface area contributed by atoms with Crippen molar-refractivity contribution < 1.29 is 23.8 Å². The minimum atomic E-state index is -1.75. The fourth-order valence-corrected chi connectivity index (χ4v) is 3.78. The lowest BCUT2D eigenvalue weighted by atomic mass is 9.68. The Morgan fingerprint density at radius 3 is 2.79 bits per heavy atom. The van der Waals surface area contributed by atoms with Crippen LogP contribution >= 0.6 is 0 Å². The number of ether oxygens (including phenoxy) is 3. The number of hydrogen-bond acceptors (Lipinski definition) is 7. The Bertz CT molecular complexity index is 988. The Hall–Kier alpha value is -3.57. The number of rotatable bonds is 6. The van der Waals surface area contributed by atoms with Crippen LogP contribution in [0.2, 0.25) is 0 Å². The molecule has 0 bridgehead atoms. The van der Waals surface area contributed by atoms with Crippen LogP contribution in [0, 0.1) is 11.3 Å². The van der Waals surface area contributed by atoms with Crippen molar-refractivity contribution in [2.75, 3.05) is 26.9 Å². The first kappa shape index (κ1) is 20.2. The standard InChI is InChI=1S/C21H21N3O5/c1-4-9-24-13(2)17(19(25)28-11-10-27-3)21(20(24)26)14-7-5-6-8-16(14)29-18(23)15(21)12-22/h4-8H,1,9-11,23H2,2-3H3/t21-/m0/s1. The minimum absolute atomic E-state index is 0.00290. The molecule has 2 aliphatic heterocycles. The number of nitriles is 1. The average Bonchev–Trinajstić information content (AvgIpc) is 2.91. The lowest BCUT2D eigenvalue weighted by Gasteiger charge is -2.35. The van der Waals surface area contributed by atoms with Crippen molar-refractivity contribution in [2.45, 2.75) is 12.3 Å². The third-order valence-electron chi connectivity index (χ3n) is 4.99. The molecule has 0 fully saturated rings. The topological polar surface area (TPSA) is 115 Å². The number of benzene rings is 1. The van der Waals surface area contributed by atoms with Crippen molar-refractivity contribution in [3.63, 3.8) is 0 Å². The van der Waals surface area contributed by atoms with Crippen molar-refractivity contribution in [1.29, 1.82) is 5.26 Å². The monoisotopic (exact) mass is 395 g/mol. The van der Waals surface area contributed by atoms with Crippen LogP contribution < -0.4 is 10.5 Å². The zero-order valence-corrected chi connectivity index (χ0v) is 16.2. The maximum atomic E-state index is 13.7. The number of para-hydroxylation sites is 1. The number of carbonyl (C=O) groups excluding carboxylic acids is 2. The van der Waals surface area contributed by atoms with Crippen LogP contribution in [0.5, 0.6) is 5.75 Å². The minimum Gasteiger partial charge on any atom is -0.460 e. The molecule has 1 aromatic carbocycles. The van der Waals surface area contributed by atoms with Crippen LogP contribution in [-0.4, -0.2) is 43.6 Å². The maximum absolute atomic E-state index is 13.7. The molecule has 0 aromatic heterocycles. The first-order valence-corrected chi connectivity index (χ1v) is 8.93. The van der Waals surface area contributed by atoms with Crippen molar-refractivity contribution in [1.82, 2.24) is 4.90 Å². The Labute approximate surface area is 168 Å². The molecule has 2 aliphatic rings. The highest BCUT2D eigenvalue weighted by molar-refractivity contribution is 6.12. The summed E-state index contributed by atoms with van der Waals surface area (Å²) in [7, 11) is 1.48. The fraction of sp³-hybridized carbons (Fsp3) is 0.286. The summed E-state index contributed by atoms with van der Waals surface area (Å²) in [4.78, 5) is 28.2. The number of nitrogens with two attached hydrogens (primary N) is 1. The Kier molecular flexibility index (Phi) is 5.43. The quantitative estimate of drug-likeness (QED) is 0.441. The molecule has 0 radical (unpaired) electrons. The van der Waals surface area contributed by atoms with Crippen molar-refractivity contribution in [3.8, 4) is 11.8 Å². The third kappa shape index (κ3) is 2.87. The smallest absolute Gasteiger partial charge is 0.337 e. The van der Waals surface area contributed by atoms with Gasteiger partial charge < -0.3 is 24.8 Å². The predicted octanol–water partition coefficient (Wildman–Crippen LogP) is 1.50. The zero-order valence-electron chi connectivity index (χ0n) is 16.2. The van der Waals surface area contributed by atoms with Crippen LogP contribution in [0.4, 0.5) is 0 Å². The van der Waals surface area contributed by atoms with Gasteiger partial charge in [-0.3, -0.25) is 4.79 Å². The largest absolute Gasteiger partial charge is 0.460 e. The molecule has 1 spiro atoms. The average molecular weight is 395 g/mol. The SMILES string of the molecule is C=CCN1C(=O)[C@@]2(C(C#N)=C(N)Oc3ccccc32)C(C(=O)OCCOC)=C1C. The summed E-state index contributed by atoms with van der Waals surface area (Å²) in [6.45, 7) is 5.66. The van der Waals surface area contributed by atoms with Crippen LogP contribution in [0.25, 0.3) is 0 Å². The van der Waals surface area contributed by atoms with Gasteiger partial charge in [-0.1, -0.05) is 24.3 Å². The van der Waals surface area contributed by atoms with Gasteiger partial charge in [0.15, 0.2) is 5.41 Å². The third-order valence-corrected chi connectivity index (χ3v) is 4.99. The van der Waals surface area contributed by atoms with Gasteiger partial charge in [0.05, 0.1) is 12.2 Å². The number of fused-ring (bicyclic) bond motifs is 2. The van der Waals surface area contributed by atoms with E-state index in [1.807, 2.05) is 6.07 Å². The highest BCUT2D eigenvalue weighted by Gasteiger charge is 2.62. The van der Waals surface area contributed by atoms with E-state index >= 15 is 0 Å². The van der Waals surface area contributed by atoms with Crippen LogP contribution in [0.15, 0.2) is 59.6 Å². The summed E-state index contributed by atoms with van der Waals surface area (Å²) in [5.74, 6) is -1.14. The molecule has 1 amide bonds. The summed E-state index contributed by atoms with van der Waals surface area (Å²) < 4.78 is 15.8. The fourth-order valence-electron chi connectivity index (χ4n) is 3.78. The molecule has 1 atom stereocenters. The van der Waals surface area contributed by atoms with Gasteiger partial charge in [-0.25, -0.2) is 4.79 Å². The Morgan fingerprint density at radius 1 is 1.41 bits per heavy atom. The van der Waals surface area contributed by atoms with Gasteiger partial charge >= 0.3 is 5.97 Å². The molecule has 0 saturated heterocycles. The van der Waals surface area contributed by atoms with Gasteiger partial charge in [0.25, 0.3) is 0 Å². The van der Waals surface area contributed by atoms with E-state index in [9.17, 15) is 14.9 Å². The molecular formula is C21H21N3O5. The number of allylic oxidation sites excluding steroid dienone is 1. The second-order valence-corrected chi connectivity index (χ2v) is 6.49. The van der Waals surface area contributed by atoms with E-state index in [1.165, 1.54) is 12.0 Å². The number of esters is 1. The van der Waals surface area contributed by atoms with Gasteiger partial charge in [-0.05, 0) is 13.0 Å². The van der Waals surface area contributed by atoms with E-state index in [4.69, 9.17) is 19.9 Å². The van der Waals surface area contributed by atoms with Crippen LogP contribution in [0.1, 0.15) is 12.5 Å². The van der Waals surface area contributed by atoms with Gasteiger partial charge in [0.1, 0.15) is 24.0 Å². The molecule has 0 saturated carbocycles. The van der Waals surface area contributed by atoms with Crippen molar-refractivity contribution >= 4 is 11.9 Å². The maximum Gasteiger partial charge on any atom is 0.337 e. The van der Waals surface area contributed by atoms with Gasteiger partial charge in [-0.2, -0.15) is 5.26 Å². The van der Waals surface area contributed by atoms with E-state index in [2.05, 4.69) is 6.58 Å². The van der Waals surface area contributed by atoms with E-state index in [0.717, 1.165) is 0 Å². The number of carbonyl (C=O) groups is 2. The molecule has 0 aliphatic carbocycles. The van der Waals surface area contributed by atoms with Gasteiger partial charge in [0, 0.05) is 24.9 Å². The highest BCUT2D eigenvalue weighted by atomic mass is 16.6. The number of methoxy groups -OCH3 is 1. The van der Waals surface area contributed by atoms with Crippen molar-refractivity contribution in [2.24, 2.45) is 5.73 Å². The van der Waals surface area contributed by atoms with Gasteiger partial charge in [0.2, 0.25) is 11.8 Å². The first-order valence-electron chi connectivity index (χ1n) is 8.93. The summed E-state index contributed by atoms with van der Waals surface area (Å²) in [5, 5.41) is 9.89. The normalized spacial score (nSPS) is 20.4. The molecule has 0 unspecified atom stereocenters. The molecule has 3 rings (SSSR count). The van der Waals surface area contributed by atoms with E-state index < -0.39 is 17.3 Å². The number of nitrogens with zero attached hydrogens (tertiary/aromatic N) is 2. The Balaban J connectivity index is 2.31. The molecule has 2 N–H and O–H groups in total. The lowest BCUT2D eigenvalue weighted by molar-refractivity contribution is -0.142. The summed E-state index contributed by atoms with van der Waals surface area (Å²) in [6.07, 6.45) is 1.54. The zero-order chi connectivity index (χ0) is 21.2. The first-order chi connectivity index (χ1) is 13.9. The number of amides is 1. The van der Waals surface area contributed by atoms with Crippen LogP contribution in [-0.2, 0) is 24.5 Å². The number of hydrogen-bond donors (Lipinski definition) is 1. The molecule has 1 aromatic rings. The molecule has 2 heterocycles. The van der Waals surface area contributed by atoms with Crippen LogP contribution in [0.3, 0.4) is 0 Å². The van der Waals surface area contributed by atoms with E-state index in [0.29, 0.717) is 17.0 Å². The molecule has 150 valence electrons. The van der Waals surface area contributed by atoms with E-state index in [1.54, 1.807) is 37.3 Å².